The molecule has 0 aliphatic rings. The molecular weight excluding hydrogens is 329 g/mol. The Labute approximate surface area is 152 Å². The lowest BCUT2D eigenvalue weighted by atomic mass is 10.1. The Bertz CT molecular complexity index is 933. The van der Waals surface area contributed by atoms with Crippen LogP contribution in [0.2, 0.25) is 0 Å². The van der Waals surface area contributed by atoms with Crippen LogP contribution in [-0.4, -0.2) is 15.7 Å². The van der Waals surface area contributed by atoms with Gasteiger partial charge in [-0.3, -0.25) is 9.48 Å². The minimum absolute atomic E-state index is 0.183. The topological polar surface area (TPSA) is 46.9 Å². The Morgan fingerprint density at radius 3 is 2.62 bits per heavy atom. The molecule has 134 valence electrons. The number of hydrogen-bond donors (Lipinski definition) is 1. The van der Waals surface area contributed by atoms with Crippen molar-refractivity contribution < 1.29 is 9.18 Å². The average molecular weight is 351 g/mol. The van der Waals surface area contributed by atoms with Gasteiger partial charge in [-0.25, -0.2) is 4.39 Å². The number of benzene rings is 2. The Balaban J connectivity index is 1.72. The molecule has 1 N–H and O–H groups in total. The van der Waals surface area contributed by atoms with E-state index in [1.54, 1.807) is 18.2 Å². The van der Waals surface area contributed by atoms with Gasteiger partial charge in [0.2, 0.25) is 0 Å². The molecule has 0 radical (unpaired) electrons. The van der Waals surface area contributed by atoms with Crippen LogP contribution in [0.25, 0.3) is 0 Å². The van der Waals surface area contributed by atoms with Crippen LogP contribution in [0.15, 0.2) is 54.6 Å². The highest BCUT2D eigenvalue weighted by Crippen LogP contribution is 2.15. The van der Waals surface area contributed by atoms with Crippen molar-refractivity contribution in [1.82, 2.24) is 15.1 Å². The van der Waals surface area contributed by atoms with Gasteiger partial charge in [-0.2, -0.15) is 5.10 Å². The third kappa shape index (κ3) is 4.17. The van der Waals surface area contributed by atoms with E-state index < -0.39 is 0 Å². The number of aromatic nitrogens is 2. The van der Waals surface area contributed by atoms with Gasteiger partial charge < -0.3 is 5.32 Å². The molecule has 2 aromatic carbocycles. The summed E-state index contributed by atoms with van der Waals surface area (Å²) in [6.45, 7) is 6.42. The molecule has 1 amide bonds. The van der Waals surface area contributed by atoms with E-state index in [0.29, 0.717) is 12.1 Å². The number of nitrogens with one attached hydrogen (secondary N) is 1. The highest BCUT2D eigenvalue weighted by atomic mass is 19.1. The summed E-state index contributed by atoms with van der Waals surface area (Å²) < 4.78 is 15.3. The summed E-state index contributed by atoms with van der Waals surface area (Å²) in [5, 5.41) is 7.38. The maximum Gasteiger partial charge on any atom is 0.251 e. The van der Waals surface area contributed by atoms with Crippen molar-refractivity contribution >= 4 is 5.91 Å². The van der Waals surface area contributed by atoms with Crippen LogP contribution in [0.4, 0.5) is 4.39 Å². The van der Waals surface area contributed by atoms with Crippen LogP contribution in [0.3, 0.4) is 0 Å². The van der Waals surface area contributed by atoms with E-state index in [0.717, 1.165) is 22.5 Å². The van der Waals surface area contributed by atoms with E-state index in [1.165, 1.54) is 12.1 Å². The second-order valence-corrected chi connectivity index (χ2v) is 6.54. The van der Waals surface area contributed by atoms with Gasteiger partial charge in [0.25, 0.3) is 5.91 Å². The molecule has 3 aromatic rings. The van der Waals surface area contributed by atoms with Gasteiger partial charge in [0.05, 0.1) is 18.3 Å². The van der Waals surface area contributed by atoms with Crippen molar-refractivity contribution in [1.29, 1.82) is 0 Å². The summed E-state index contributed by atoms with van der Waals surface area (Å²) in [4.78, 5) is 12.6. The molecule has 0 aliphatic carbocycles. The van der Waals surface area contributed by atoms with E-state index in [1.807, 2.05) is 49.7 Å². The summed E-state index contributed by atoms with van der Waals surface area (Å²) in [6.07, 6.45) is 0. The van der Waals surface area contributed by atoms with E-state index in [2.05, 4.69) is 10.4 Å². The zero-order chi connectivity index (χ0) is 18.7. The molecule has 0 bridgehead atoms. The highest BCUT2D eigenvalue weighted by Gasteiger charge is 2.13. The van der Waals surface area contributed by atoms with Gasteiger partial charge in [0, 0.05) is 11.3 Å². The number of halogens is 1. The predicted octanol–water partition coefficient (Wildman–Crippen LogP) is 4.18. The first-order chi connectivity index (χ1) is 12.4. The van der Waals surface area contributed by atoms with Crippen molar-refractivity contribution in [3.63, 3.8) is 0 Å². The first-order valence-corrected chi connectivity index (χ1v) is 8.58. The first kappa shape index (κ1) is 17.9. The molecule has 3 rings (SSSR count). The number of amides is 1. The molecule has 4 nitrogen and oxygen atoms in total. The van der Waals surface area contributed by atoms with Crippen molar-refractivity contribution in [2.24, 2.45) is 0 Å². The summed E-state index contributed by atoms with van der Waals surface area (Å²) >= 11 is 0. The molecule has 0 aliphatic heterocycles. The van der Waals surface area contributed by atoms with E-state index >= 15 is 0 Å². The van der Waals surface area contributed by atoms with Gasteiger partial charge >= 0.3 is 0 Å². The van der Waals surface area contributed by atoms with Crippen molar-refractivity contribution in [3.8, 4) is 0 Å². The van der Waals surface area contributed by atoms with Gasteiger partial charge in [0.1, 0.15) is 5.82 Å². The van der Waals surface area contributed by atoms with Crippen molar-refractivity contribution in [3.05, 3.63) is 88.5 Å². The molecule has 26 heavy (non-hydrogen) atoms. The van der Waals surface area contributed by atoms with Crippen LogP contribution in [0.5, 0.6) is 0 Å². The third-order valence-electron chi connectivity index (χ3n) is 4.32. The van der Waals surface area contributed by atoms with Crippen LogP contribution in [-0.2, 0) is 6.54 Å². The standard InChI is InChI=1S/C21H22FN3O/c1-14-10-15(2)25(24-14)13-17-6-4-8-19(11-17)21(26)23-16(3)18-7-5-9-20(22)12-18/h4-12,16H,13H2,1-3H3,(H,23,26)/t16-/m0/s1. The lowest BCUT2D eigenvalue weighted by molar-refractivity contribution is 0.0939. The first-order valence-electron chi connectivity index (χ1n) is 8.58. The van der Waals surface area contributed by atoms with Crippen LogP contribution >= 0.6 is 0 Å². The lowest BCUT2D eigenvalue weighted by Gasteiger charge is -2.15. The minimum atomic E-state index is -0.310. The Kier molecular flexibility index (Phi) is 5.16. The number of carbonyl (C=O) groups is 1. The summed E-state index contributed by atoms with van der Waals surface area (Å²) in [5.41, 5.74) is 4.36. The third-order valence-corrected chi connectivity index (χ3v) is 4.32. The molecule has 1 atom stereocenters. The predicted molar refractivity (Wildman–Crippen MR) is 99.5 cm³/mol. The summed E-state index contributed by atoms with van der Waals surface area (Å²) in [5.74, 6) is -0.493. The smallest absolute Gasteiger partial charge is 0.251 e. The number of aryl methyl sites for hydroxylation is 2. The fraction of sp³-hybridized carbons (Fsp3) is 0.238. The van der Waals surface area contributed by atoms with Gasteiger partial charge in [-0.15, -0.1) is 0 Å². The maximum absolute atomic E-state index is 13.4. The molecule has 0 fully saturated rings. The molecule has 0 unspecified atom stereocenters. The Morgan fingerprint density at radius 2 is 1.92 bits per heavy atom. The molecule has 1 aromatic heterocycles. The molecule has 0 saturated heterocycles. The quantitative estimate of drug-likeness (QED) is 0.750. The SMILES string of the molecule is Cc1cc(C)n(Cc2cccc(C(=O)N[C@@H](C)c3cccc(F)c3)c2)n1. The van der Waals surface area contributed by atoms with Gasteiger partial charge in [0.15, 0.2) is 0 Å². The van der Waals surface area contributed by atoms with E-state index in [4.69, 9.17) is 0 Å². The zero-order valence-corrected chi connectivity index (χ0v) is 15.2. The highest BCUT2D eigenvalue weighted by molar-refractivity contribution is 5.94. The second-order valence-electron chi connectivity index (χ2n) is 6.54. The largest absolute Gasteiger partial charge is 0.346 e. The minimum Gasteiger partial charge on any atom is -0.346 e. The van der Waals surface area contributed by atoms with Crippen molar-refractivity contribution in [2.45, 2.75) is 33.4 Å². The average Bonchev–Trinajstić information content (AvgIpc) is 2.92. The van der Waals surface area contributed by atoms with Crippen LogP contribution in [0, 0.1) is 19.7 Å². The number of nitrogens with zero attached hydrogens (tertiary/aromatic N) is 2. The van der Waals surface area contributed by atoms with E-state index in [9.17, 15) is 9.18 Å². The number of carbonyl (C=O) groups excluding carboxylic acids is 1. The van der Waals surface area contributed by atoms with Crippen LogP contribution < -0.4 is 5.32 Å². The maximum atomic E-state index is 13.4. The summed E-state index contributed by atoms with van der Waals surface area (Å²) in [6, 6.07) is 15.5. The summed E-state index contributed by atoms with van der Waals surface area (Å²) in [7, 11) is 0. The normalized spacial score (nSPS) is 12.0. The molecule has 5 heteroatoms. The van der Waals surface area contributed by atoms with Gasteiger partial charge in [-0.05, 0) is 62.2 Å². The van der Waals surface area contributed by atoms with E-state index in [-0.39, 0.29) is 17.8 Å². The van der Waals surface area contributed by atoms with Gasteiger partial charge in [-0.1, -0.05) is 24.3 Å². The Morgan fingerprint density at radius 1 is 1.15 bits per heavy atom. The molecule has 1 heterocycles. The zero-order valence-electron chi connectivity index (χ0n) is 15.2. The fourth-order valence-corrected chi connectivity index (χ4v) is 2.96. The number of rotatable bonds is 5. The Hall–Kier alpha value is -2.95. The monoisotopic (exact) mass is 351 g/mol. The number of hydrogen-bond acceptors (Lipinski definition) is 2. The lowest BCUT2D eigenvalue weighted by Crippen LogP contribution is -2.26. The molecular formula is C21H22FN3O. The molecule has 0 saturated carbocycles. The fourth-order valence-electron chi connectivity index (χ4n) is 2.96. The second kappa shape index (κ2) is 7.52. The molecule has 0 spiro atoms. The van der Waals surface area contributed by atoms with Crippen molar-refractivity contribution in [2.75, 3.05) is 0 Å². The van der Waals surface area contributed by atoms with Crippen LogP contribution in [0.1, 0.15) is 45.8 Å².